The van der Waals surface area contributed by atoms with E-state index in [-0.39, 0.29) is 5.69 Å². The van der Waals surface area contributed by atoms with Crippen LogP contribution in [0.4, 0.5) is 0 Å². The Morgan fingerprint density at radius 3 is 2.52 bits per heavy atom. The van der Waals surface area contributed by atoms with E-state index in [0.29, 0.717) is 29.4 Å². The van der Waals surface area contributed by atoms with Crippen molar-refractivity contribution in [1.82, 2.24) is 19.7 Å². The summed E-state index contributed by atoms with van der Waals surface area (Å²) in [6.07, 6.45) is 3.26. The Morgan fingerprint density at radius 2 is 1.86 bits per heavy atom. The molecule has 0 aliphatic rings. The van der Waals surface area contributed by atoms with Gasteiger partial charge in [0.05, 0.1) is 29.5 Å². The molecule has 144 valence electrons. The first kappa shape index (κ1) is 18.4. The standard InChI is InChI=1S/C22H18N4O3/c1-15-7-8-17(12-23-15)26-21(11-20(25-26)22(27)28)19-10-9-18(13-24-19)29-14-16-5-3-2-4-6-16/h2-13H,14H2,1H3,(H,27,28). The molecular weight excluding hydrogens is 368 g/mol. The molecule has 29 heavy (non-hydrogen) atoms. The highest BCUT2D eigenvalue weighted by molar-refractivity contribution is 5.87. The molecule has 4 aromatic rings. The summed E-state index contributed by atoms with van der Waals surface area (Å²) in [5.74, 6) is -0.480. The highest BCUT2D eigenvalue weighted by Gasteiger charge is 2.17. The van der Waals surface area contributed by atoms with Crippen LogP contribution in [0.5, 0.6) is 5.75 Å². The predicted molar refractivity (Wildman–Crippen MR) is 107 cm³/mol. The summed E-state index contributed by atoms with van der Waals surface area (Å²) >= 11 is 0. The maximum absolute atomic E-state index is 11.4. The van der Waals surface area contributed by atoms with Gasteiger partial charge in [0.2, 0.25) is 0 Å². The van der Waals surface area contributed by atoms with Crippen molar-refractivity contribution in [3.05, 3.63) is 90.0 Å². The molecule has 7 nitrogen and oxygen atoms in total. The van der Waals surface area contributed by atoms with Gasteiger partial charge in [0.1, 0.15) is 12.4 Å². The number of carbonyl (C=O) groups is 1. The zero-order valence-electron chi connectivity index (χ0n) is 15.7. The largest absolute Gasteiger partial charge is 0.487 e. The van der Waals surface area contributed by atoms with Crippen molar-refractivity contribution in [2.24, 2.45) is 0 Å². The zero-order chi connectivity index (χ0) is 20.2. The number of pyridine rings is 2. The molecule has 1 N–H and O–H groups in total. The Morgan fingerprint density at radius 1 is 1.03 bits per heavy atom. The Labute approximate surface area is 167 Å². The van der Waals surface area contributed by atoms with Crippen LogP contribution >= 0.6 is 0 Å². The minimum atomic E-state index is -1.10. The molecule has 3 heterocycles. The molecule has 0 aliphatic heterocycles. The minimum absolute atomic E-state index is 0.0632. The van der Waals surface area contributed by atoms with Crippen LogP contribution in [0.2, 0.25) is 0 Å². The number of hydrogen-bond donors (Lipinski definition) is 1. The van der Waals surface area contributed by atoms with Gasteiger partial charge in [0.25, 0.3) is 0 Å². The fourth-order valence-electron chi connectivity index (χ4n) is 2.81. The van der Waals surface area contributed by atoms with Gasteiger partial charge in [-0.15, -0.1) is 0 Å². The number of rotatable bonds is 6. The van der Waals surface area contributed by atoms with Crippen molar-refractivity contribution >= 4 is 5.97 Å². The van der Waals surface area contributed by atoms with Gasteiger partial charge in [-0.2, -0.15) is 5.10 Å². The maximum atomic E-state index is 11.4. The van der Waals surface area contributed by atoms with Crippen molar-refractivity contribution in [3.8, 4) is 22.8 Å². The van der Waals surface area contributed by atoms with Crippen molar-refractivity contribution in [1.29, 1.82) is 0 Å². The zero-order valence-corrected chi connectivity index (χ0v) is 15.7. The third-order valence-electron chi connectivity index (χ3n) is 4.32. The molecule has 4 rings (SSSR count). The van der Waals surface area contributed by atoms with Crippen LogP contribution < -0.4 is 4.74 Å². The molecule has 0 saturated heterocycles. The van der Waals surface area contributed by atoms with Crippen LogP contribution in [-0.4, -0.2) is 30.8 Å². The monoisotopic (exact) mass is 386 g/mol. The van der Waals surface area contributed by atoms with E-state index < -0.39 is 5.97 Å². The minimum Gasteiger partial charge on any atom is -0.487 e. The molecule has 0 radical (unpaired) electrons. The van der Waals surface area contributed by atoms with Crippen molar-refractivity contribution in [2.75, 3.05) is 0 Å². The molecule has 0 fully saturated rings. The molecule has 0 bridgehead atoms. The summed E-state index contributed by atoms with van der Waals surface area (Å²) < 4.78 is 7.30. The second kappa shape index (κ2) is 7.93. The van der Waals surface area contributed by atoms with Gasteiger partial charge in [-0.25, -0.2) is 9.48 Å². The summed E-state index contributed by atoms with van der Waals surface area (Å²) in [5, 5.41) is 13.5. The second-order valence-electron chi connectivity index (χ2n) is 6.44. The number of aryl methyl sites for hydroxylation is 1. The molecular formula is C22H18N4O3. The molecule has 3 aromatic heterocycles. The molecule has 0 aliphatic carbocycles. The summed E-state index contributed by atoms with van der Waals surface area (Å²) in [6.45, 7) is 2.32. The van der Waals surface area contributed by atoms with Crippen LogP contribution in [0.15, 0.2) is 73.1 Å². The number of carboxylic acid groups (broad SMARTS) is 1. The molecule has 7 heteroatoms. The third-order valence-corrected chi connectivity index (χ3v) is 4.32. The van der Waals surface area contributed by atoms with E-state index >= 15 is 0 Å². The summed E-state index contributed by atoms with van der Waals surface area (Å²) in [7, 11) is 0. The lowest BCUT2D eigenvalue weighted by atomic mass is 10.2. The Kier molecular flexibility index (Phi) is 5.03. The average molecular weight is 386 g/mol. The van der Waals surface area contributed by atoms with Gasteiger partial charge in [0, 0.05) is 11.8 Å². The maximum Gasteiger partial charge on any atom is 0.356 e. The highest BCUT2D eigenvalue weighted by Crippen LogP contribution is 2.24. The highest BCUT2D eigenvalue weighted by atomic mass is 16.5. The van der Waals surface area contributed by atoms with Crippen molar-refractivity contribution in [3.63, 3.8) is 0 Å². The van der Waals surface area contributed by atoms with E-state index in [4.69, 9.17) is 4.74 Å². The molecule has 0 saturated carbocycles. The van der Waals surface area contributed by atoms with Crippen LogP contribution in [0.1, 0.15) is 21.7 Å². The number of carboxylic acids is 1. The molecule has 0 unspecified atom stereocenters. The fraction of sp³-hybridized carbons (Fsp3) is 0.0909. The second-order valence-corrected chi connectivity index (χ2v) is 6.44. The van der Waals surface area contributed by atoms with Crippen molar-refractivity contribution in [2.45, 2.75) is 13.5 Å². The van der Waals surface area contributed by atoms with Crippen LogP contribution in [0.3, 0.4) is 0 Å². The number of nitrogens with zero attached hydrogens (tertiary/aromatic N) is 4. The summed E-state index contributed by atoms with van der Waals surface area (Å²) in [4.78, 5) is 20.1. The quantitative estimate of drug-likeness (QED) is 0.540. The van der Waals surface area contributed by atoms with E-state index in [1.807, 2.05) is 49.4 Å². The lowest BCUT2D eigenvalue weighted by molar-refractivity contribution is 0.0690. The number of hydrogen-bond acceptors (Lipinski definition) is 5. The molecule has 0 amide bonds. The number of ether oxygens (including phenoxy) is 1. The van der Waals surface area contributed by atoms with Gasteiger partial charge < -0.3 is 9.84 Å². The average Bonchev–Trinajstić information content (AvgIpc) is 3.20. The Bertz CT molecular complexity index is 1120. The van der Waals surface area contributed by atoms with E-state index in [0.717, 1.165) is 11.3 Å². The first-order valence-electron chi connectivity index (χ1n) is 9.00. The Hall–Kier alpha value is -4.00. The fourth-order valence-corrected chi connectivity index (χ4v) is 2.81. The lowest BCUT2D eigenvalue weighted by Gasteiger charge is -2.09. The smallest absolute Gasteiger partial charge is 0.356 e. The molecule has 1 aromatic carbocycles. The van der Waals surface area contributed by atoms with E-state index in [9.17, 15) is 9.90 Å². The van der Waals surface area contributed by atoms with Gasteiger partial charge >= 0.3 is 5.97 Å². The van der Waals surface area contributed by atoms with E-state index in [1.54, 1.807) is 24.5 Å². The van der Waals surface area contributed by atoms with Crippen LogP contribution in [0.25, 0.3) is 17.1 Å². The first-order valence-corrected chi connectivity index (χ1v) is 9.00. The van der Waals surface area contributed by atoms with E-state index in [2.05, 4.69) is 15.1 Å². The van der Waals surface area contributed by atoms with Gasteiger partial charge in [-0.1, -0.05) is 30.3 Å². The first-order chi connectivity index (χ1) is 14.1. The van der Waals surface area contributed by atoms with Gasteiger partial charge in [0.15, 0.2) is 5.69 Å². The molecule has 0 spiro atoms. The van der Waals surface area contributed by atoms with Crippen molar-refractivity contribution < 1.29 is 14.6 Å². The predicted octanol–water partition coefficient (Wildman–Crippen LogP) is 3.91. The van der Waals surface area contributed by atoms with Gasteiger partial charge in [-0.05, 0) is 36.8 Å². The molecule has 0 atom stereocenters. The number of aromatic carboxylic acids is 1. The lowest BCUT2D eigenvalue weighted by Crippen LogP contribution is -2.03. The number of aromatic nitrogens is 4. The third kappa shape index (κ3) is 4.14. The topological polar surface area (TPSA) is 90.1 Å². The SMILES string of the molecule is Cc1ccc(-n2nc(C(=O)O)cc2-c2ccc(OCc3ccccc3)cn2)cn1. The summed E-state index contributed by atoms with van der Waals surface area (Å²) in [6, 6.07) is 18.6. The van der Waals surface area contributed by atoms with Crippen LogP contribution in [0, 0.1) is 6.92 Å². The van der Waals surface area contributed by atoms with Gasteiger partial charge in [-0.3, -0.25) is 9.97 Å². The number of benzene rings is 1. The van der Waals surface area contributed by atoms with E-state index in [1.165, 1.54) is 10.7 Å². The normalized spacial score (nSPS) is 10.7. The van der Waals surface area contributed by atoms with Crippen LogP contribution in [-0.2, 0) is 6.61 Å². The summed E-state index contributed by atoms with van der Waals surface area (Å²) in [5.41, 5.74) is 3.66. The Balaban J connectivity index is 1.62.